The summed E-state index contributed by atoms with van der Waals surface area (Å²) < 4.78 is 40.3. The molecular formula is C13H16F3N7O. The second kappa shape index (κ2) is 6.13. The third-order valence-electron chi connectivity index (χ3n) is 3.74. The number of hydrogen-bond donors (Lipinski definition) is 1. The van der Waals surface area contributed by atoms with Crippen molar-refractivity contribution in [3.8, 4) is 0 Å². The molecule has 2 amide bonds. The molecular weight excluding hydrogens is 327 g/mol. The lowest BCUT2D eigenvalue weighted by molar-refractivity contribution is -0.141. The van der Waals surface area contributed by atoms with Gasteiger partial charge in [-0.2, -0.15) is 27.8 Å². The van der Waals surface area contributed by atoms with Gasteiger partial charge in [0.2, 0.25) is 0 Å². The molecule has 1 N–H and O–H groups in total. The molecule has 1 aliphatic heterocycles. The molecule has 0 radical (unpaired) electrons. The first-order valence-electron chi connectivity index (χ1n) is 7.46. The number of piperazine rings is 1. The molecule has 1 saturated heterocycles. The number of alkyl halides is 3. The number of anilines is 1. The molecule has 0 spiro atoms. The predicted molar refractivity (Wildman–Crippen MR) is 78.6 cm³/mol. The zero-order valence-corrected chi connectivity index (χ0v) is 12.9. The van der Waals surface area contributed by atoms with Gasteiger partial charge in [-0.05, 0) is 6.92 Å². The number of nitrogens with zero attached hydrogens (tertiary/aromatic N) is 6. The van der Waals surface area contributed by atoms with E-state index in [0.717, 1.165) is 12.4 Å². The van der Waals surface area contributed by atoms with Gasteiger partial charge in [-0.1, -0.05) is 0 Å². The molecule has 0 saturated carbocycles. The van der Waals surface area contributed by atoms with E-state index in [9.17, 15) is 18.0 Å². The van der Waals surface area contributed by atoms with E-state index >= 15 is 0 Å². The number of carbonyl (C=O) groups is 1. The highest BCUT2D eigenvalue weighted by molar-refractivity contribution is 5.74. The van der Waals surface area contributed by atoms with E-state index in [1.54, 1.807) is 9.80 Å². The van der Waals surface area contributed by atoms with Crippen LogP contribution >= 0.6 is 0 Å². The summed E-state index contributed by atoms with van der Waals surface area (Å²) >= 11 is 0. The Balaban J connectivity index is 1.85. The summed E-state index contributed by atoms with van der Waals surface area (Å²) in [6, 6.07) is 0.789. The van der Waals surface area contributed by atoms with Crippen molar-refractivity contribution in [2.45, 2.75) is 13.1 Å². The van der Waals surface area contributed by atoms with E-state index < -0.39 is 11.9 Å². The molecule has 2 aromatic heterocycles. The van der Waals surface area contributed by atoms with Crippen LogP contribution in [-0.4, -0.2) is 63.2 Å². The summed E-state index contributed by atoms with van der Waals surface area (Å²) in [4.78, 5) is 22.4. The van der Waals surface area contributed by atoms with E-state index in [4.69, 9.17) is 0 Å². The van der Waals surface area contributed by atoms with Crippen molar-refractivity contribution in [3.63, 3.8) is 0 Å². The van der Waals surface area contributed by atoms with Crippen molar-refractivity contribution in [3.05, 3.63) is 18.1 Å². The van der Waals surface area contributed by atoms with Gasteiger partial charge in [0.25, 0.3) is 5.78 Å². The molecule has 2 aromatic rings. The average Bonchev–Trinajstić information content (AvgIpc) is 3.02. The number of amides is 2. The Kier molecular flexibility index (Phi) is 4.16. The van der Waals surface area contributed by atoms with Crippen LogP contribution in [0.2, 0.25) is 0 Å². The van der Waals surface area contributed by atoms with Gasteiger partial charge >= 0.3 is 12.2 Å². The van der Waals surface area contributed by atoms with E-state index in [1.165, 1.54) is 4.52 Å². The van der Waals surface area contributed by atoms with E-state index in [2.05, 4.69) is 20.4 Å². The lowest BCUT2D eigenvalue weighted by Gasteiger charge is -2.35. The number of hydrogen-bond acceptors (Lipinski definition) is 5. The fourth-order valence-electron chi connectivity index (χ4n) is 2.57. The lowest BCUT2D eigenvalue weighted by Crippen LogP contribution is -2.52. The monoisotopic (exact) mass is 343 g/mol. The minimum atomic E-state index is -4.56. The van der Waals surface area contributed by atoms with Gasteiger partial charge < -0.3 is 15.1 Å². The molecule has 130 valence electrons. The quantitative estimate of drug-likeness (QED) is 0.880. The summed E-state index contributed by atoms with van der Waals surface area (Å²) in [5.74, 6) is 0.159. The average molecular weight is 343 g/mol. The summed E-state index contributed by atoms with van der Waals surface area (Å²) in [5.41, 5.74) is -1.01. The van der Waals surface area contributed by atoms with Crippen LogP contribution < -0.4 is 10.2 Å². The van der Waals surface area contributed by atoms with Crippen LogP contribution in [-0.2, 0) is 6.18 Å². The summed E-state index contributed by atoms with van der Waals surface area (Å²) in [5, 5.41) is 6.65. The normalized spacial score (nSPS) is 15.8. The predicted octanol–water partition coefficient (Wildman–Crippen LogP) is 0.995. The van der Waals surface area contributed by atoms with Gasteiger partial charge in [-0.3, -0.25) is 0 Å². The van der Waals surface area contributed by atoms with Crippen molar-refractivity contribution >= 4 is 17.6 Å². The Morgan fingerprint density at radius 1 is 1.29 bits per heavy atom. The minimum Gasteiger partial charge on any atom is -0.353 e. The Bertz CT molecular complexity index is 737. The number of halogens is 3. The van der Waals surface area contributed by atoms with Crippen LogP contribution in [0.15, 0.2) is 12.4 Å². The molecule has 8 nitrogen and oxygen atoms in total. The zero-order chi connectivity index (χ0) is 17.3. The van der Waals surface area contributed by atoms with Crippen LogP contribution in [0, 0.1) is 0 Å². The molecule has 11 heteroatoms. The molecule has 1 aliphatic rings. The molecule has 0 aliphatic carbocycles. The van der Waals surface area contributed by atoms with E-state index in [-0.39, 0.29) is 17.6 Å². The zero-order valence-electron chi connectivity index (χ0n) is 12.9. The lowest BCUT2D eigenvalue weighted by atomic mass is 10.3. The van der Waals surface area contributed by atoms with E-state index in [1.807, 2.05) is 6.92 Å². The van der Waals surface area contributed by atoms with Gasteiger partial charge in [-0.25, -0.2) is 9.78 Å². The maximum absolute atomic E-state index is 13.0. The molecule has 0 bridgehead atoms. The number of aromatic nitrogens is 4. The second-order valence-electron chi connectivity index (χ2n) is 5.28. The van der Waals surface area contributed by atoms with Crippen molar-refractivity contribution in [1.29, 1.82) is 0 Å². The number of fused-ring (bicyclic) bond motifs is 1. The number of nitrogens with one attached hydrogen (secondary N) is 1. The van der Waals surface area contributed by atoms with Crippen LogP contribution in [0.4, 0.5) is 23.8 Å². The largest absolute Gasteiger partial charge is 0.433 e. The maximum atomic E-state index is 13.0. The summed E-state index contributed by atoms with van der Waals surface area (Å²) in [6.07, 6.45) is -3.40. The summed E-state index contributed by atoms with van der Waals surface area (Å²) in [6.45, 7) is 3.96. The highest BCUT2D eigenvalue weighted by atomic mass is 19.4. The first kappa shape index (κ1) is 16.3. The first-order valence-corrected chi connectivity index (χ1v) is 7.46. The highest BCUT2D eigenvalue weighted by Gasteiger charge is 2.35. The van der Waals surface area contributed by atoms with Crippen LogP contribution in [0.1, 0.15) is 12.6 Å². The van der Waals surface area contributed by atoms with E-state index in [0.29, 0.717) is 32.7 Å². The summed E-state index contributed by atoms with van der Waals surface area (Å²) in [7, 11) is 0. The van der Waals surface area contributed by atoms with Gasteiger partial charge in [0.05, 0.1) is 0 Å². The fourth-order valence-corrected chi connectivity index (χ4v) is 2.57. The second-order valence-corrected chi connectivity index (χ2v) is 5.28. The Morgan fingerprint density at radius 3 is 2.62 bits per heavy atom. The Labute approximate surface area is 135 Å². The van der Waals surface area contributed by atoms with Crippen molar-refractivity contribution in [2.24, 2.45) is 0 Å². The number of rotatable bonds is 2. The number of carbonyl (C=O) groups excluding carboxylic acids is 1. The third kappa shape index (κ3) is 3.05. The van der Waals surface area contributed by atoms with Crippen LogP contribution in [0.5, 0.6) is 0 Å². The maximum Gasteiger partial charge on any atom is 0.433 e. The van der Waals surface area contributed by atoms with Crippen molar-refractivity contribution in [1.82, 2.24) is 29.8 Å². The van der Waals surface area contributed by atoms with Crippen LogP contribution in [0.25, 0.3) is 5.78 Å². The smallest absolute Gasteiger partial charge is 0.353 e. The Morgan fingerprint density at radius 2 is 2.00 bits per heavy atom. The Hall–Kier alpha value is -2.59. The molecule has 3 rings (SSSR count). The molecule has 0 atom stereocenters. The molecule has 0 aromatic carbocycles. The third-order valence-corrected chi connectivity index (χ3v) is 3.74. The molecule has 3 heterocycles. The molecule has 0 unspecified atom stereocenters. The van der Waals surface area contributed by atoms with Crippen molar-refractivity contribution in [2.75, 3.05) is 37.6 Å². The van der Waals surface area contributed by atoms with Gasteiger partial charge in [-0.15, -0.1) is 0 Å². The highest BCUT2D eigenvalue weighted by Crippen LogP contribution is 2.30. The topological polar surface area (TPSA) is 78.7 Å². The molecule has 24 heavy (non-hydrogen) atoms. The standard InChI is InChI=1S/C13H16F3N7O/c1-2-17-12(24)22-5-3-21(4-6-22)10-7-9(13(14,15)16)20-11-18-8-19-23(10)11/h7-8H,2-6H2,1H3,(H,17,24). The number of urea groups is 1. The minimum absolute atomic E-state index is 0.106. The van der Waals surface area contributed by atoms with Crippen LogP contribution in [0.3, 0.4) is 0 Å². The van der Waals surface area contributed by atoms with Gasteiger partial charge in [0.1, 0.15) is 12.1 Å². The van der Waals surface area contributed by atoms with Gasteiger partial charge in [0.15, 0.2) is 5.69 Å². The first-order chi connectivity index (χ1) is 11.4. The fraction of sp³-hybridized carbons (Fsp3) is 0.538. The van der Waals surface area contributed by atoms with Crippen molar-refractivity contribution < 1.29 is 18.0 Å². The SMILES string of the molecule is CCNC(=O)N1CCN(c2cc(C(F)(F)F)nc3ncnn23)CC1. The van der Waals surface area contributed by atoms with Gasteiger partial charge in [0, 0.05) is 38.8 Å². The molecule has 1 fully saturated rings.